The van der Waals surface area contributed by atoms with E-state index in [1.807, 2.05) is 14.0 Å². The second-order valence-electron chi connectivity index (χ2n) is 5.79. The van der Waals surface area contributed by atoms with Crippen LogP contribution in [0, 0.1) is 24.2 Å². The largest absolute Gasteiger partial charge is 0.391 e. The SMILES string of the molecule is Cc1c(CN[C@H]2CCC[C@H](C(F)(F)F)C2)cc(C#N)n1C. The van der Waals surface area contributed by atoms with Crippen LogP contribution in [0.5, 0.6) is 0 Å². The molecule has 2 atom stereocenters. The molecule has 1 saturated carbocycles. The molecule has 1 aliphatic rings. The summed E-state index contributed by atoms with van der Waals surface area (Å²) < 4.78 is 40.1. The molecule has 1 heterocycles. The molecule has 1 aromatic rings. The van der Waals surface area contributed by atoms with Crippen molar-refractivity contribution in [2.75, 3.05) is 0 Å². The molecule has 0 unspecified atom stereocenters. The van der Waals surface area contributed by atoms with Gasteiger partial charge in [-0.3, -0.25) is 0 Å². The summed E-state index contributed by atoms with van der Waals surface area (Å²) in [5, 5.41) is 12.2. The van der Waals surface area contributed by atoms with Gasteiger partial charge in [0.25, 0.3) is 0 Å². The van der Waals surface area contributed by atoms with E-state index in [2.05, 4.69) is 11.4 Å². The fourth-order valence-electron chi connectivity index (χ4n) is 2.98. The number of halogens is 3. The van der Waals surface area contributed by atoms with E-state index in [-0.39, 0.29) is 18.9 Å². The maximum absolute atomic E-state index is 12.8. The standard InChI is InChI=1S/C15H20F3N3/c1-10-11(6-14(8-19)21(10)2)9-20-13-5-3-4-12(7-13)15(16,17)18/h6,12-13,20H,3-5,7,9H2,1-2H3/t12-,13-/m0/s1. The molecular formula is C15H20F3N3. The molecule has 2 rings (SSSR count). The molecule has 116 valence electrons. The van der Waals surface area contributed by atoms with Crippen molar-refractivity contribution in [3.8, 4) is 6.07 Å². The summed E-state index contributed by atoms with van der Waals surface area (Å²) in [4.78, 5) is 0. The summed E-state index contributed by atoms with van der Waals surface area (Å²) in [5.41, 5.74) is 2.52. The Morgan fingerprint density at radius 3 is 2.71 bits per heavy atom. The van der Waals surface area contributed by atoms with Crippen molar-refractivity contribution < 1.29 is 13.2 Å². The number of hydrogen-bond donors (Lipinski definition) is 1. The van der Waals surface area contributed by atoms with Gasteiger partial charge in [-0.2, -0.15) is 18.4 Å². The highest BCUT2D eigenvalue weighted by Crippen LogP contribution is 2.37. The maximum Gasteiger partial charge on any atom is 0.391 e. The third-order valence-electron chi connectivity index (χ3n) is 4.47. The number of nitrogens with one attached hydrogen (secondary N) is 1. The zero-order valence-corrected chi connectivity index (χ0v) is 12.3. The van der Waals surface area contributed by atoms with Gasteiger partial charge in [0.2, 0.25) is 0 Å². The third-order valence-corrected chi connectivity index (χ3v) is 4.47. The Labute approximate surface area is 122 Å². The highest BCUT2D eigenvalue weighted by Gasteiger charge is 2.41. The molecule has 0 bridgehead atoms. The van der Waals surface area contributed by atoms with E-state index in [1.54, 1.807) is 10.6 Å². The quantitative estimate of drug-likeness (QED) is 0.929. The lowest BCUT2D eigenvalue weighted by atomic mass is 9.85. The molecule has 0 aliphatic heterocycles. The number of nitrogens with zero attached hydrogens (tertiary/aromatic N) is 2. The molecule has 6 heteroatoms. The number of rotatable bonds is 3. The second-order valence-corrected chi connectivity index (χ2v) is 5.79. The minimum atomic E-state index is -4.09. The van der Waals surface area contributed by atoms with Crippen molar-refractivity contribution in [2.24, 2.45) is 13.0 Å². The first-order valence-corrected chi connectivity index (χ1v) is 7.18. The summed E-state index contributed by atoms with van der Waals surface area (Å²) >= 11 is 0. The Balaban J connectivity index is 1.96. The zero-order valence-electron chi connectivity index (χ0n) is 12.3. The Morgan fingerprint density at radius 1 is 1.43 bits per heavy atom. The van der Waals surface area contributed by atoms with Crippen LogP contribution in [0.4, 0.5) is 13.2 Å². The van der Waals surface area contributed by atoms with Gasteiger partial charge in [-0.25, -0.2) is 0 Å². The van der Waals surface area contributed by atoms with Gasteiger partial charge in [-0.15, -0.1) is 0 Å². The fraction of sp³-hybridized carbons (Fsp3) is 0.667. The lowest BCUT2D eigenvalue weighted by Crippen LogP contribution is -2.38. The van der Waals surface area contributed by atoms with Gasteiger partial charge in [-0.05, 0) is 37.8 Å². The molecule has 0 saturated heterocycles. The van der Waals surface area contributed by atoms with Crippen molar-refractivity contribution in [3.05, 3.63) is 23.0 Å². The molecule has 21 heavy (non-hydrogen) atoms. The molecule has 1 fully saturated rings. The van der Waals surface area contributed by atoms with Crippen LogP contribution in [0.25, 0.3) is 0 Å². The first-order chi connectivity index (χ1) is 9.82. The molecule has 0 aromatic carbocycles. The van der Waals surface area contributed by atoms with Crippen LogP contribution in [0.1, 0.15) is 42.6 Å². The van der Waals surface area contributed by atoms with Gasteiger partial charge in [0.15, 0.2) is 0 Å². The Bertz CT molecular complexity index is 540. The maximum atomic E-state index is 12.8. The first kappa shape index (κ1) is 15.9. The van der Waals surface area contributed by atoms with Gasteiger partial charge in [0, 0.05) is 25.3 Å². The fourth-order valence-corrected chi connectivity index (χ4v) is 2.98. The summed E-state index contributed by atoms with van der Waals surface area (Å²) in [6.45, 7) is 2.42. The Kier molecular flexibility index (Phi) is 4.62. The van der Waals surface area contributed by atoms with E-state index >= 15 is 0 Å². The van der Waals surface area contributed by atoms with Gasteiger partial charge >= 0.3 is 6.18 Å². The number of aromatic nitrogens is 1. The molecule has 0 amide bonds. The van der Waals surface area contributed by atoms with Crippen molar-refractivity contribution >= 4 is 0 Å². The lowest BCUT2D eigenvalue weighted by molar-refractivity contribution is -0.183. The Hall–Kier alpha value is -1.48. The molecule has 1 aliphatic carbocycles. The van der Waals surface area contributed by atoms with Crippen LogP contribution >= 0.6 is 0 Å². The predicted octanol–water partition coefficient (Wildman–Crippen LogP) is 3.42. The average Bonchev–Trinajstić information content (AvgIpc) is 2.72. The molecule has 3 nitrogen and oxygen atoms in total. The molecule has 1 aromatic heterocycles. The predicted molar refractivity (Wildman–Crippen MR) is 73.5 cm³/mol. The van der Waals surface area contributed by atoms with Crippen molar-refractivity contribution in [1.82, 2.24) is 9.88 Å². The van der Waals surface area contributed by atoms with E-state index in [1.165, 1.54) is 0 Å². The van der Waals surface area contributed by atoms with Crippen LogP contribution in [0.15, 0.2) is 6.07 Å². The van der Waals surface area contributed by atoms with Gasteiger partial charge < -0.3 is 9.88 Å². The summed E-state index contributed by atoms with van der Waals surface area (Å²) in [5.74, 6) is -1.18. The molecule has 0 radical (unpaired) electrons. The third kappa shape index (κ3) is 3.59. The topological polar surface area (TPSA) is 40.8 Å². The number of hydrogen-bond acceptors (Lipinski definition) is 2. The first-order valence-electron chi connectivity index (χ1n) is 7.18. The number of alkyl halides is 3. The minimum Gasteiger partial charge on any atom is -0.340 e. The van der Waals surface area contributed by atoms with E-state index in [9.17, 15) is 13.2 Å². The Morgan fingerprint density at radius 2 is 2.14 bits per heavy atom. The van der Waals surface area contributed by atoms with Crippen molar-refractivity contribution in [1.29, 1.82) is 5.26 Å². The average molecular weight is 299 g/mol. The highest BCUT2D eigenvalue weighted by atomic mass is 19.4. The number of nitriles is 1. The van der Waals surface area contributed by atoms with Gasteiger partial charge in [0.05, 0.1) is 5.92 Å². The summed E-state index contributed by atoms with van der Waals surface area (Å²) in [6.07, 6.45) is -2.30. The molecule has 1 N–H and O–H groups in total. The minimum absolute atomic E-state index is 0.101. The van der Waals surface area contributed by atoms with Crippen molar-refractivity contribution in [2.45, 2.75) is 51.4 Å². The van der Waals surface area contributed by atoms with E-state index in [0.717, 1.165) is 17.7 Å². The van der Waals surface area contributed by atoms with Crippen LogP contribution in [-0.4, -0.2) is 16.8 Å². The highest BCUT2D eigenvalue weighted by molar-refractivity contribution is 5.34. The van der Waals surface area contributed by atoms with Gasteiger partial charge in [0.1, 0.15) is 11.8 Å². The van der Waals surface area contributed by atoms with E-state index < -0.39 is 12.1 Å². The molecule has 0 spiro atoms. The van der Waals surface area contributed by atoms with Crippen LogP contribution in [-0.2, 0) is 13.6 Å². The lowest BCUT2D eigenvalue weighted by Gasteiger charge is -2.31. The normalized spacial score (nSPS) is 23.0. The zero-order chi connectivity index (χ0) is 15.6. The van der Waals surface area contributed by atoms with E-state index in [4.69, 9.17) is 5.26 Å². The van der Waals surface area contributed by atoms with Crippen LogP contribution < -0.4 is 5.32 Å². The van der Waals surface area contributed by atoms with E-state index in [0.29, 0.717) is 18.7 Å². The smallest absolute Gasteiger partial charge is 0.340 e. The second kappa shape index (κ2) is 6.10. The molecular weight excluding hydrogens is 279 g/mol. The van der Waals surface area contributed by atoms with Gasteiger partial charge in [-0.1, -0.05) is 6.42 Å². The summed E-state index contributed by atoms with van der Waals surface area (Å²) in [6, 6.07) is 3.80. The van der Waals surface area contributed by atoms with Crippen LogP contribution in [0.2, 0.25) is 0 Å². The summed E-state index contributed by atoms with van der Waals surface area (Å²) in [7, 11) is 1.82. The van der Waals surface area contributed by atoms with Crippen molar-refractivity contribution in [3.63, 3.8) is 0 Å². The monoisotopic (exact) mass is 299 g/mol. The van der Waals surface area contributed by atoms with Crippen LogP contribution in [0.3, 0.4) is 0 Å².